The molecule has 0 amide bonds. The van der Waals surface area contributed by atoms with Gasteiger partial charge in [-0.05, 0) is 18.9 Å². The van der Waals surface area contributed by atoms with Crippen molar-refractivity contribution in [3.63, 3.8) is 0 Å². The van der Waals surface area contributed by atoms with Crippen molar-refractivity contribution >= 4 is 5.71 Å². The molecule has 0 aromatic rings. The summed E-state index contributed by atoms with van der Waals surface area (Å²) in [6, 6.07) is 0. The van der Waals surface area contributed by atoms with Crippen LogP contribution in [0.1, 0.15) is 20.8 Å². The summed E-state index contributed by atoms with van der Waals surface area (Å²) in [7, 11) is 1.60. The fourth-order valence-electron chi connectivity index (χ4n) is 0.931. The average molecular weight is 169 g/mol. The first-order valence-corrected chi connectivity index (χ1v) is 3.98. The molecule has 0 aromatic carbocycles. The minimum absolute atomic E-state index is 0.116. The molecule has 12 heavy (non-hydrogen) atoms. The van der Waals surface area contributed by atoms with E-state index in [-0.39, 0.29) is 11.7 Å². The Kier molecular flexibility index (Phi) is 4.49. The van der Waals surface area contributed by atoms with Gasteiger partial charge >= 0.3 is 0 Å². The van der Waals surface area contributed by atoms with Crippen molar-refractivity contribution in [1.82, 2.24) is 0 Å². The van der Waals surface area contributed by atoms with Gasteiger partial charge in [-0.2, -0.15) is 0 Å². The van der Waals surface area contributed by atoms with Crippen LogP contribution in [0.15, 0.2) is 29.0 Å². The van der Waals surface area contributed by atoms with Gasteiger partial charge < -0.3 is 0 Å². The summed E-state index contributed by atoms with van der Waals surface area (Å²) < 4.78 is 13.2. The van der Waals surface area contributed by atoms with E-state index in [1.807, 2.05) is 13.8 Å². The predicted octanol–water partition coefficient (Wildman–Crippen LogP) is 3.14. The predicted molar refractivity (Wildman–Crippen MR) is 52.2 cm³/mol. The van der Waals surface area contributed by atoms with Gasteiger partial charge in [0.1, 0.15) is 5.83 Å². The third-order valence-corrected chi connectivity index (χ3v) is 1.41. The van der Waals surface area contributed by atoms with Crippen LogP contribution in [0.3, 0.4) is 0 Å². The molecule has 0 heterocycles. The summed E-state index contributed by atoms with van der Waals surface area (Å²) in [5, 5.41) is 0. The summed E-state index contributed by atoms with van der Waals surface area (Å²) in [4.78, 5) is 3.87. The molecule has 68 valence electrons. The van der Waals surface area contributed by atoms with Crippen molar-refractivity contribution in [2.45, 2.75) is 20.8 Å². The molecule has 0 aliphatic heterocycles. The first-order valence-electron chi connectivity index (χ1n) is 3.98. The standard InChI is InChI=1S/C10H16FN/c1-7(2)6-9(11)10(12-5)8(3)4/h6,8H,1H2,2-5H3/b9-6+,12-10-. The molecule has 2 heteroatoms. The summed E-state index contributed by atoms with van der Waals surface area (Å²) >= 11 is 0. The molecular formula is C10H16FN. The van der Waals surface area contributed by atoms with Crippen LogP contribution in [0.2, 0.25) is 0 Å². The van der Waals surface area contributed by atoms with E-state index in [2.05, 4.69) is 11.6 Å². The van der Waals surface area contributed by atoms with Crippen molar-refractivity contribution in [3.8, 4) is 0 Å². The first kappa shape index (κ1) is 11.1. The number of nitrogens with zero attached hydrogens (tertiary/aromatic N) is 1. The van der Waals surface area contributed by atoms with Crippen LogP contribution in [0.5, 0.6) is 0 Å². The number of hydrogen-bond donors (Lipinski definition) is 0. The van der Waals surface area contributed by atoms with Crippen LogP contribution in [0, 0.1) is 5.92 Å². The number of rotatable bonds is 3. The lowest BCUT2D eigenvalue weighted by molar-refractivity contribution is 0.662. The van der Waals surface area contributed by atoms with Gasteiger partial charge in [0.25, 0.3) is 0 Å². The minimum Gasteiger partial charge on any atom is -0.290 e. The lowest BCUT2D eigenvalue weighted by Gasteiger charge is -2.06. The van der Waals surface area contributed by atoms with Gasteiger partial charge in [0.05, 0.1) is 5.71 Å². The Balaban J connectivity index is 4.66. The number of halogens is 1. The summed E-state index contributed by atoms with van der Waals surface area (Å²) in [5.74, 6) is -0.161. The minimum atomic E-state index is -0.278. The van der Waals surface area contributed by atoms with Gasteiger partial charge in [-0.25, -0.2) is 4.39 Å². The Labute approximate surface area is 73.7 Å². The number of hydrogen-bond acceptors (Lipinski definition) is 1. The van der Waals surface area contributed by atoms with Gasteiger partial charge in [-0.15, -0.1) is 0 Å². The van der Waals surface area contributed by atoms with E-state index in [1.54, 1.807) is 14.0 Å². The lowest BCUT2D eigenvalue weighted by atomic mass is 10.1. The molecule has 0 aliphatic rings. The van der Waals surface area contributed by atoms with E-state index in [4.69, 9.17) is 0 Å². The van der Waals surface area contributed by atoms with Gasteiger partial charge in [0.2, 0.25) is 0 Å². The normalized spacial score (nSPS) is 13.8. The molecule has 0 aromatic heterocycles. The molecule has 0 radical (unpaired) electrons. The lowest BCUT2D eigenvalue weighted by Crippen LogP contribution is -2.08. The van der Waals surface area contributed by atoms with E-state index in [0.717, 1.165) is 0 Å². The van der Waals surface area contributed by atoms with Crippen LogP contribution in [-0.2, 0) is 0 Å². The molecule has 0 rings (SSSR count). The fraction of sp³-hybridized carbons (Fsp3) is 0.500. The van der Waals surface area contributed by atoms with Gasteiger partial charge in [-0.1, -0.05) is 26.0 Å². The molecule has 0 saturated heterocycles. The van der Waals surface area contributed by atoms with E-state index in [9.17, 15) is 4.39 Å². The number of allylic oxidation sites excluding steroid dienone is 3. The van der Waals surface area contributed by atoms with Gasteiger partial charge in [0, 0.05) is 7.05 Å². The van der Waals surface area contributed by atoms with Crippen molar-refractivity contribution in [2.24, 2.45) is 10.9 Å². The third-order valence-electron chi connectivity index (χ3n) is 1.41. The van der Waals surface area contributed by atoms with Crippen LogP contribution in [0.25, 0.3) is 0 Å². The molecule has 0 aliphatic carbocycles. The van der Waals surface area contributed by atoms with E-state index >= 15 is 0 Å². The Hall–Kier alpha value is -0.920. The zero-order valence-corrected chi connectivity index (χ0v) is 8.19. The average Bonchev–Trinajstić information content (AvgIpc) is 1.85. The molecule has 1 nitrogen and oxygen atoms in total. The third kappa shape index (κ3) is 3.46. The molecule has 0 saturated carbocycles. The molecule has 0 N–H and O–H groups in total. The smallest absolute Gasteiger partial charge is 0.144 e. The highest BCUT2D eigenvalue weighted by atomic mass is 19.1. The maximum Gasteiger partial charge on any atom is 0.144 e. The zero-order chi connectivity index (χ0) is 9.72. The highest BCUT2D eigenvalue weighted by molar-refractivity contribution is 5.99. The maximum absolute atomic E-state index is 13.2. The Morgan fingerprint density at radius 3 is 2.25 bits per heavy atom. The Bertz CT molecular complexity index is 224. The molecular weight excluding hydrogens is 153 g/mol. The highest BCUT2D eigenvalue weighted by Gasteiger charge is 2.09. The summed E-state index contributed by atoms with van der Waals surface area (Å²) in [6.45, 7) is 9.18. The number of aliphatic imine (C=N–C) groups is 1. The van der Waals surface area contributed by atoms with Crippen molar-refractivity contribution < 1.29 is 4.39 Å². The Morgan fingerprint density at radius 1 is 1.50 bits per heavy atom. The van der Waals surface area contributed by atoms with Crippen LogP contribution in [0.4, 0.5) is 4.39 Å². The quantitative estimate of drug-likeness (QED) is 0.454. The SMILES string of the molecule is C=C(C)/C=C(F)\C(=N/C)C(C)C. The zero-order valence-electron chi connectivity index (χ0n) is 8.19. The maximum atomic E-state index is 13.2. The molecule has 0 unspecified atom stereocenters. The van der Waals surface area contributed by atoms with E-state index < -0.39 is 0 Å². The summed E-state index contributed by atoms with van der Waals surface area (Å²) in [5.41, 5.74) is 1.20. The molecule has 0 atom stereocenters. The molecule has 0 spiro atoms. The monoisotopic (exact) mass is 169 g/mol. The topological polar surface area (TPSA) is 12.4 Å². The second-order valence-electron chi connectivity index (χ2n) is 3.10. The Morgan fingerprint density at radius 2 is 2.00 bits per heavy atom. The van der Waals surface area contributed by atoms with Crippen LogP contribution in [-0.4, -0.2) is 12.8 Å². The van der Waals surface area contributed by atoms with Crippen LogP contribution >= 0.6 is 0 Å². The van der Waals surface area contributed by atoms with Gasteiger partial charge in [0.15, 0.2) is 0 Å². The van der Waals surface area contributed by atoms with Crippen molar-refractivity contribution in [2.75, 3.05) is 7.05 Å². The van der Waals surface area contributed by atoms with Crippen molar-refractivity contribution in [1.29, 1.82) is 0 Å². The molecule has 0 bridgehead atoms. The van der Waals surface area contributed by atoms with Crippen LogP contribution < -0.4 is 0 Å². The summed E-state index contributed by atoms with van der Waals surface area (Å²) in [6.07, 6.45) is 1.41. The second-order valence-corrected chi connectivity index (χ2v) is 3.10. The van der Waals surface area contributed by atoms with E-state index in [1.165, 1.54) is 6.08 Å². The fourth-order valence-corrected chi connectivity index (χ4v) is 0.931. The van der Waals surface area contributed by atoms with Gasteiger partial charge in [-0.3, -0.25) is 4.99 Å². The highest BCUT2D eigenvalue weighted by Crippen LogP contribution is 2.11. The second kappa shape index (κ2) is 4.86. The molecule has 0 fully saturated rings. The van der Waals surface area contributed by atoms with Crippen molar-refractivity contribution in [3.05, 3.63) is 24.1 Å². The largest absolute Gasteiger partial charge is 0.290 e. The first-order chi connectivity index (χ1) is 5.49. The van der Waals surface area contributed by atoms with E-state index in [0.29, 0.717) is 11.3 Å².